The van der Waals surface area contributed by atoms with Crippen LogP contribution in [-0.2, 0) is 16.1 Å². The minimum atomic E-state index is 0.0468. The molecule has 0 aliphatic rings. The summed E-state index contributed by atoms with van der Waals surface area (Å²) in [7, 11) is 1.80. The Balaban J connectivity index is 1.50. The van der Waals surface area contributed by atoms with E-state index in [1.165, 1.54) is 5.56 Å². The van der Waals surface area contributed by atoms with Gasteiger partial charge >= 0.3 is 0 Å². The van der Waals surface area contributed by atoms with Crippen LogP contribution in [-0.4, -0.2) is 19.6 Å². The molecule has 0 radical (unpaired) electrons. The first-order valence-electron chi connectivity index (χ1n) is 8.78. The first kappa shape index (κ1) is 17.9. The molecular weight excluding hydrogens is 322 g/mol. The fourth-order valence-corrected chi connectivity index (χ4v) is 2.74. The summed E-state index contributed by atoms with van der Waals surface area (Å²) in [5.41, 5.74) is 4.31. The fourth-order valence-electron chi connectivity index (χ4n) is 2.74. The van der Waals surface area contributed by atoms with Crippen molar-refractivity contribution < 1.29 is 9.53 Å². The van der Waals surface area contributed by atoms with Crippen LogP contribution in [0, 0.1) is 0 Å². The summed E-state index contributed by atoms with van der Waals surface area (Å²) < 4.78 is 5.61. The molecule has 1 amide bonds. The van der Waals surface area contributed by atoms with E-state index in [0.717, 1.165) is 16.8 Å². The molecular formula is C23H23NO2. The molecule has 0 unspecified atom stereocenters. The van der Waals surface area contributed by atoms with Crippen LogP contribution in [0.3, 0.4) is 0 Å². The predicted octanol–water partition coefficient (Wildman–Crippen LogP) is 4.92. The van der Waals surface area contributed by atoms with E-state index in [9.17, 15) is 4.79 Å². The highest BCUT2D eigenvalue weighted by Gasteiger charge is 2.11. The topological polar surface area (TPSA) is 29.5 Å². The van der Waals surface area contributed by atoms with Gasteiger partial charge in [0.25, 0.3) is 0 Å². The highest BCUT2D eigenvalue weighted by Crippen LogP contribution is 2.22. The van der Waals surface area contributed by atoms with Gasteiger partial charge in [-0.15, -0.1) is 0 Å². The zero-order valence-electron chi connectivity index (χ0n) is 15.0. The molecule has 3 heteroatoms. The van der Waals surface area contributed by atoms with Crippen molar-refractivity contribution in [1.82, 2.24) is 0 Å². The maximum Gasteiger partial charge on any atom is 0.229 e. The monoisotopic (exact) mass is 345 g/mol. The molecule has 0 bridgehead atoms. The maximum absolute atomic E-state index is 12.4. The third kappa shape index (κ3) is 4.80. The summed E-state index contributed by atoms with van der Waals surface area (Å²) in [6.07, 6.45) is 0.365. The van der Waals surface area contributed by atoms with Crippen molar-refractivity contribution in [3.63, 3.8) is 0 Å². The number of rotatable bonds is 7. The van der Waals surface area contributed by atoms with Crippen molar-refractivity contribution in [3.8, 4) is 11.1 Å². The van der Waals surface area contributed by atoms with E-state index in [1.54, 1.807) is 11.9 Å². The van der Waals surface area contributed by atoms with Gasteiger partial charge in [-0.2, -0.15) is 0 Å². The van der Waals surface area contributed by atoms with Gasteiger partial charge in [0.2, 0.25) is 5.91 Å². The molecule has 0 heterocycles. The number of carbonyl (C=O) groups is 1. The zero-order valence-corrected chi connectivity index (χ0v) is 15.0. The first-order chi connectivity index (χ1) is 12.7. The summed E-state index contributed by atoms with van der Waals surface area (Å²) in [6, 6.07) is 28.2. The van der Waals surface area contributed by atoms with E-state index >= 15 is 0 Å². The van der Waals surface area contributed by atoms with Crippen LogP contribution in [0.1, 0.15) is 12.0 Å². The highest BCUT2D eigenvalue weighted by molar-refractivity contribution is 5.93. The predicted molar refractivity (Wildman–Crippen MR) is 106 cm³/mol. The maximum atomic E-state index is 12.4. The van der Waals surface area contributed by atoms with Gasteiger partial charge < -0.3 is 9.64 Å². The van der Waals surface area contributed by atoms with Crippen molar-refractivity contribution in [2.45, 2.75) is 13.0 Å². The summed E-state index contributed by atoms with van der Waals surface area (Å²) in [6.45, 7) is 0.948. The Morgan fingerprint density at radius 1 is 0.808 bits per heavy atom. The first-order valence-corrected chi connectivity index (χ1v) is 8.78. The minimum Gasteiger partial charge on any atom is -0.376 e. The van der Waals surface area contributed by atoms with Crippen LogP contribution in [0.15, 0.2) is 84.9 Å². The molecule has 0 aliphatic carbocycles. The lowest BCUT2D eigenvalue weighted by molar-refractivity contribution is -0.119. The molecule has 0 aliphatic heterocycles. The molecule has 132 valence electrons. The Morgan fingerprint density at radius 2 is 1.38 bits per heavy atom. The van der Waals surface area contributed by atoms with Crippen molar-refractivity contribution in [3.05, 3.63) is 90.5 Å². The van der Waals surface area contributed by atoms with Gasteiger partial charge in [0.15, 0.2) is 0 Å². The fraction of sp³-hybridized carbons (Fsp3) is 0.174. The van der Waals surface area contributed by atoms with Gasteiger partial charge in [0.1, 0.15) is 0 Å². The second-order valence-corrected chi connectivity index (χ2v) is 6.15. The number of anilines is 1. The third-order valence-corrected chi connectivity index (χ3v) is 4.31. The highest BCUT2D eigenvalue weighted by atomic mass is 16.5. The molecule has 3 aromatic carbocycles. The van der Waals surface area contributed by atoms with Gasteiger partial charge in [-0.25, -0.2) is 0 Å². The molecule has 0 saturated carbocycles. The number of hydrogen-bond acceptors (Lipinski definition) is 2. The molecule has 3 aromatic rings. The number of carbonyl (C=O) groups excluding carboxylic acids is 1. The Labute approximate surface area is 154 Å². The largest absolute Gasteiger partial charge is 0.376 e. The molecule has 0 fully saturated rings. The molecule has 26 heavy (non-hydrogen) atoms. The van der Waals surface area contributed by atoms with Crippen LogP contribution in [0.5, 0.6) is 0 Å². The van der Waals surface area contributed by atoms with Crippen LogP contribution < -0.4 is 4.90 Å². The van der Waals surface area contributed by atoms with Gasteiger partial charge in [0.05, 0.1) is 19.6 Å². The SMILES string of the molecule is CN(C(=O)CCOCc1ccccc1)c1ccc(-c2ccccc2)cc1. The lowest BCUT2D eigenvalue weighted by atomic mass is 10.1. The molecule has 0 atom stereocenters. The summed E-state index contributed by atoms with van der Waals surface area (Å²) in [5.74, 6) is 0.0468. The number of benzene rings is 3. The van der Waals surface area contributed by atoms with E-state index in [-0.39, 0.29) is 5.91 Å². The number of amides is 1. The minimum absolute atomic E-state index is 0.0468. The summed E-state index contributed by atoms with van der Waals surface area (Å²) >= 11 is 0. The molecule has 3 nitrogen and oxygen atoms in total. The van der Waals surface area contributed by atoms with Crippen LogP contribution in [0.4, 0.5) is 5.69 Å². The number of ether oxygens (including phenoxy) is 1. The number of nitrogens with zero attached hydrogens (tertiary/aromatic N) is 1. The van der Waals surface area contributed by atoms with Crippen LogP contribution >= 0.6 is 0 Å². The Kier molecular flexibility index (Phi) is 6.18. The van der Waals surface area contributed by atoms with E-state index in [1.807, 2.05) is 72.8 Å². The van der Waals surface area contributed by atoms with E-state index in [0.29, 0.717) is 19.6 Å². The van der Waals surface area contributed by atoms with Crippen LogP contribution in [0.25, 0.3) is 11.1 Å². The van der Waals surface area contributed by atoms with Gasteiger partial charge in [-0.3, -0.25) is 4.79 Å². The molecule has 0 aromatic heterocycles. The van der Waals surface area contributed by atoms with Crippen molar-refractivity contribution in [2.24, 2.45) is 0 Å². The Bertz CT molecular complexity index is 814. The van der Waals surface area contributed by atoms with Gasteiger partial charge in [-0.05, 0) is 28.8 Å². The Hall–Kier alpha value is -2.91. The lowest BCUT2D eigenvalue weighted by Crippen LogP contribution is -2.27. The quantitative estimate of drug-likeness (QED) is 0.569. The van der Waals surface area contributed by atoms with Crippen molar-refractivity contribution in [1.29, 1.82) is 0 Å². The average Bonchev–Trinajstić information content (AvgIpc) is 2.72. The molecule has 0 saturated heterocycles. The molecule has 0 spiro atoms. The van der Waals surface area contributed by atoms with E-state index < -0.39 is 0 Å². The third-order valence-electron chi connectivity index (χ3n) is 4.31. The smallest absolute Gasteiger partial charge is 0.229 e. The Morgan fingerprint density at radius 3 is 2.04 bits per heavy atom. The molecule has 0 N–H and O–H groups in total. The average molecular weight is 345 g/mol. The summed E-state index contributed by atoms with van der Waals surface area (Å²) in [5, 5.41) is 0. The van der Waals surface area contributed by atoms with E-state index in [2.05, 4.69) is 12.1 Å². The van der Waals surface area contributed by atoms with Crippen molar-refractivity contribution in [2.75, 3.05) is 18.6 Å². The number of hydrogen-bond donors (Lipinski definition) is 0. The van der Waals surface area contributed by atoms with Crippen LogP contribution in [0.2, 0.25) is 0 Å². The normalized spacial score (nSPS) is 10.5. The second kappa shape index (κ2) is 8.97. The molecule has 3 rings (SSSR count). The van der Waals surface area contributed by atoms with E-state index in [4.69, 9.17) is 4.74 Å². The van der Waals surface area contributed by atoms with Gasteiger partial charge in [-0.1, -0.05) is 72.8 Å². The second-order valence-electron chi connectivity index (χ2n) is 6.15. The van der Waals surface area contributed by atoms with Gasteiger partial charge in [0, 0.05) is 12.7 Å². The summed E-state index contributed by atoms with van der Waals surface area (Å²) in [4.78, 5) is 14.0. The van der Waals surface area contributed by atoms with Crippen molar-refractivity contribution >= 4 is 11.6 Å². The standard InChI is InChI=1S/C23H23NO2/c1-24(23(25)16-17-26-18-19-8-4-2-5-9-19)22-14-12-21(13-15-22)20-10-6-3-7-11-20/h2-15H,16-18H2,1H3. The zero-order chi connectivity index (χ0) is 18.2. The lowest BCUT2D eigenvalue weighted by Gasteiger charge is -2.18.